The second-order valence-corrected chi connectivity index (χ2v) is 5.50. The van der Waals surface area contributed by atoms with E-state index in [2.05, 4.69) is 73.7 Å². The quantitative estimate of drug-likeness (QED) is 0.656. The van der Waals surface area contributed by atoms with Gasteiger partial charge in [-0.25, -0.2) is 0 Å². The van der Waals surface area contributed by atoms with E-state index in [0.29, 0.717) is 11.8 Å². The summed E-state index contributed by atoms with van der Waals surface area (Å²) in [5, 5.41) is 2.76. The molecule has 0 nitrogen and oxygen atoms in total. The highest BCUT2D eigenvalue weighted by molar-refractivity contribution is 5.92. The number of rotatable bonds is 1. The Morgan fingerprint density at radius 2 is 1.68 bits per heavy atom. The summed E-state index contributed by atoms with van der Waals surface area (Å²) in [6.07, 6.45) is 11.3. The van der Waals surface area contributed by atoms with Gasteiger partial charge < -0.3 is 0 Å². The molecule has 0 saturated heterocycles. The van der Waals surface area contributed by atoms with E-state index < -0.39 is 0 Å². The molecule has 0 amide bonds. The summed E-state index contributed by atoms with van der Waals surface area (Å²) >= 11 is 0. The molecule has 0 heterocycles. The van der Waals surface area contributed by atoms with E-state index in [1.165, 1.54) is 27.5 Å². The van der Waals surface area contributed by atoms with Crippen molar-refractivity contribution in [2.75, 3.05) is 0 Å². The van der Waals surface area contributed by atoms with Gasteiger partial charge in [0.15, 0.2) is 0 Å². The van der Waals surface area contributed by atoms with Crippen molar-refractivity contribution in [2.45, 2.75) is 12.8 Å². The van der Waals surface area contributed by atoms with E-state index in [0.717, 1.165) is 0 Å². The molecule has 0 saturated carbocycles. The van der Waals surface area contributed by atoms with Crippen molar-refractivity contribution < 1.29 is 0 Å². The second kappa shape index (κ2) is 3.96. The van der Waals surface area contributed by atoms with Crippen LogP contribution in [0.4, 0.5) is 0 Å². The summed E-state index contributed by atoms with van der Waals surface area (Å²) < 4.78 is 0. The van der Waals surface area contributed by atoms with Crippen LogP contribution in [0.15, 0.2) is 66.3 Å². The molecule has 0 N–H and O–H groups in total. The van der Waals surface area contributed by atoms with Gasteiger partial charge in [0.05, 0.1) is 0 Å². The summed E-state index contributed by atoms with van der Waals surface area (Å²) in [6.45, 7) is 2.26. The lowest BCUT2D eigenvalue weighted by atomic mass is 9.82. The molecule has 2 aliphatic rings. The Labute approximate surface area is 113 Å². The number of fused-ring (bicyclic) bond motifs is 3. The van der Waals surface area contributed by atoms with E-state index in [-0.39, 0.29) is 0 Å². The first kappa shape index (κ1) is 10.8. The van der Waals surface area contributed by atoms with Crippen molar-refractivity contribution in [2.24, 2.45) is 5.92 Å². The molecular weight excluding hydrogens is 228 g/mol. The summed E-state index contributed by atoms with van der Waals surface area (Å²) in [7, 11) is 0. The zero-order valence-corrected chi connectivity index (χ0v) is 11.0. The predicted molar refractivity (Wildman–Crippen MR) is 82.1 cm³/mol. The third-order valence-electron chi connectivity index (χ3n) is 4.35. The van der Waals surface area contributed by atoms with Crippen LogP contribution < -0.4 is 0 Å². The molecule has 4 rings (SSSR count). The van der Waals surface area contributed by atoms with Crippen LogP contribution >= 0.6 is 0 Å². The normalized spacial score (nSPS) is 21.1. The van der Waals surface area contributed by atoms with Crippen molar-refractivity contribution >= 4 is 16.8 Å². The third-order valence-corrected chi connectivity index (χ3v) is 4.35. The fourth-order valence-electron chi connectivity index (χ4n) is 3.52. The smallest absolute Gasteiger partial charge is 0.0159 e. The maximum absolute atomic E-state index is 2.35. The average molecular weight is 244 g/mol. The van der Waals surface area contributed by atoms with Crippen molar-refractivity contribution in [1.29, 1.82) is 0 Å². The van der Waals surface area contributed by atoms with Crippen LogP contribution in [-0.4, -0.2) is 0 Å². The molecule has 0 aliphatic heterocycles. The zero-order chi connectivity index (χ0) is 12.8. The standard InChI is InChI=1S/C19H16/c1-13-12-16-11-10-14-6-4-5-9-17(14)19(16)18(13)15-7-2-3-8-15/h2-12,15,18H,1H3. The molecule has 0 bridgehead atoms. The van der Waals surface area contributed by atoms with Crippen LogP contribution in [0.3, 0.4) is 0 Å². The van der Waals surface area contributed by atoms with Gasteiger partial charge in [-0.2, -0.15) is 0 Å². The maximum atomic E-state index is 2.35. The fraction of sp³-hybridized carbons (Fsp3) is 0.158. The van der Waals surface area contributed by atoms with Gasteiger partial charge in [0.2, 0.25) is 0 Å². The van der Waals surface area contributed by atoms with E-state index in [4.69, 9.17) is 0 Å². The number of allylic oxidation sites excluding steroid dienone is 5. The van der Waals surface area contributed by atoms with Gasteiger partial charge in [-0.15, -0.1) is 0 Å². The summed E-state index contributed by atoms with van der Waals surface area (Å²) in [4.78, 5) is 0. The molecule has 19 heavy (non-hydrogen) atoms. The number of hydrogen-bond donors (Lipinski definition) is 0. The first-order chi connectivity index (χ1) is 9.34. The molecule has 92 valence electrons. The molecule has 0 aromatic heterocycles. The van der Waals surface area contributed by atoms with Crippen molar-refractivity contribution in [3.05, 3.63) is 77.4 Å². The third kappa shape index (κ3) is 1.53. The van der Waals surface area contributed by atoms with Crippen LogP contribution in [0.1, 0.15) is 24.0 Å². The van der Waals surface area contributed by atoms with Crippen LogP contribution in [0, 0.1) is 5.92 Å². The average Bonchev–Trinajstić information content (AvgIpc) is 3.04. The molecule has 0 radical (unpaired) electrons. The fourth-order valence-corrected chi connectivity index (χ4v) is 3.52. The number of benzene rings is 2. The SMILES string of the molecule is CC1=Cc2ccc3ccccc3c2C1C1C=CC=C1. The monoisotopic (exact) mass is 244 g/mol. The van der Waals surface area contributed by atoms with E-state index in [9.17, 15) is 0 Å². The van der Waals surface area contributed by atoms with Gasteiger partial charge in [0.1, 0.15) is 0 Å². The van der Waals surface area contributed by atoms with Crippen molar-refractivity contribution in [1.82, 2.24) is 0 Å². The minimum atomic E-state index is 0.510. The summed E-state index contributed by atoms with van der Waals surface area (Å²) in [6, 6.07) is 13.2. The molecule has 0 spiro atoms. The molecule has 0 heteroatoms. The Morgan fingerprint density at radius 3 is 2.53 bits per heavy atom. The maximum Gasteiger partial charge on any atom is 0.0159 e. The molecule has 2 aromatic rings. The van der Waals surface area contributed by atoms with Crippen molar-refractivity contribution in [3.63, 3.8) is 0 Å². The van der Waals surface area contributed by atoms with E-state index in [1.54, 1.807) is 0 Å². The Bertz CT molecular complexity index is 732. The van der Waals surface area contributed by atoms with Crippen molar-refractivity contribution in [3.8, 4) is 0 Å². The molecule has 0 fully saturated rings. The first-order valence-electron chi connectivity index (χ1n) is 6.89. The largest absolute Gasteiger partial charge is 0.0767 e. The van der Waals surface area contributed by atoms with Gasteiger partial charge in [-0.3, -0.25) is 0 Å². The lowest BCUT2D eigenvalue weighted by Gasteiger charge is -2.21. The van der Waals surface area contributed by atoms with Gasteiger partial charge >= 0.3 is 0 Å². The highest BCUT2D eigenvalue weighted by atomic mass is 14.3. The Morgan fingerprint density at radius 1 is 0.895 bits per heavy atom. The van der Waals surface area contributed by atoms with Gasteiger partial charge in [0.25, 0.3) is 0 Å². The second-order valence-electron chi connectivity index (χ2n) is 5.50. The molecule has 2 aliphatic carbocycles. The van der Waals surface area contributed by atoms with Gasteiger partial charge in [-0.1, -0.05) is 72.4 Å². The minimum Gasteiger partial charge on any atom is -0.0767 e. The topological polar surface area (TPSA) is 0 Å². The summed E-state index contributed by atoms with van der Waals surface area (Å²) in [5.41, 5.74) is 4.39. The lowest BCUT2D eigenvalue weighted by molar-refractivity contribution is 0.696. The Hall–Kier alpha value is -2.08. The first-order valence-corrected chi connectivity index (χ1v) is 6.89. The van der Waals surface area contributed by atoms with Crippen LogP contribution in [0.2, 0.25) is 0 Å². The highest BCUT2D eigenvalue weighted by Gasteiger charge is 2.29. The Kier molecular flexibility index (Phi) is 2.25. The molecule has 1 atom stereocenters. The van der Waals surface area contributed by atoms with Gasteiger partial charge in [0, 0.05) is 11.8 Å². The zero-order valence-electron chi connectivity index (χ0n) is 11.0. The van der Waals surface area contributed by atoms with Crippen LogP contribution in [0.5, 0.6) is 0 Å². The molecular formula is C19H16. The van der Waals surface area contributed by atoms with E-state index in [1.807, 2.05) is 0 Å². The predicted octanol–water partition coefficient (Wildman–Crippen LogP) is 5.08. The van der Waals surface area contributed by atoms with E-state index >= 15 is 0 Å². The van der Waals surface area contributed by atoms with Gasteiger partial charge in [-0.05, 0) is 28.8 Å². The highest BCUT2D eigenvalue weighted by Crippen LogP contribution is 2.46. The van der Waals surface area contributed by atoms with Crippen LogP contribution in [0.25, 0.3) is 16.8 Å². The lowest BCUT2D eigenvalue weighted by Crippen LogP contribution is -2.07. The summed E-state index contributed by atoms with van der Waals surface area (Å²) in [5.74, 6) is 1.03. The van der Waals surface area contributed by atoms with Crippen LogP contribution in [-0.2, 0) is 0 Å². The molecule has 2 aromatic carbocycles. The number of hydrogen-bond acceptors (Lipinski definition) is 0. The minimum absolute atomic E-state index is 0.510. The Balaban J connectivity index is 1.98. The molecule has 1 unspecified atom stereocenters.